The van der Waals surface area contributed by atoms with Crippen LogP contribution in [0.1, 0.15) is 39.0 Å². The average Bonchev–Trinajstić information content (AvgIpc) is 3.05. The molecule has 14 heteroatoms. The molecule has 0 radical (unpaired) electrons. The summed E-state index contributed by atoms with van der Waals surface area (Å²) >= 11 is 12.1. The van der Waals surface area contributed by atoms with E-state index in [9.17, 15) is 14.7 Å². The monoisotopic (exact) mass is 476 g/mol. The van der Waals surface area contributed by atoms with E-state index in [2.05, 4.69) is 20.7 Å². The Hall–Kier alpha value is -2.57. The highest BCUT2D eigenvalue weighted by Crippen LogP contribution is 2.39. The van der Waals surface area contributed by atoms with Gasteiger partial charge in [-0.3, -0.25) is 20.1 Å². The van der Waals surface area contributed by atoms with Gasteiger partial charge in [0.05, 0.1) is 6.61 Å². The molecule has 0 saturated carbocycles. The second-order valence-corrected chi connectivity index (χ2v) is 7.47. The largest absolute Gasteiger partial charge is 0.480 e. The zero-order valence-electron chi connectivity index (χ0n) is 17.0. The first-order valence-electron chi connectivity index (χ1n) is 9.76. The van der Waals surface area contributed by atoms with Crippen molar-refractivity contribution < 1.29 is 19.4 Å². The first-order valence-corrected chi connectivity index (χ1v) is 10.5. The number of anilines is 2. The molecule has 1 amide bonds. The Morgan fingerprint density at radius 2 is 2.06 bits per heavy atom. The molecule has 2 heterocycles. The van der Waals surface area contributed by atoms with Crippen molar-refractivity contribution in [2.24, 2.45) is 5.73 Å². The number of guanidine groups is 1. The van der Waals surface area contributed by atoms with E-state index < -0.39 is 18.1 Å². The van der Waals surface area contributed by atoms with Crippen molar-refractivity contribution in [3.05, 3.63) is 10.4 Å². The number of amides is 1. The number of aliphatic carboxylic acids is 1. The van der Waals surface area contributed by atoms with Crippen LogP contribution in [0.25, 0.3) is 0 Å². The maximum Gasteiger partial charge on any atom is 0.416 e. The lowest BCUT2D eigenvalue weighted by atomic mass is 10.1. The van der Waals surface area contributed by atoms with E-state index in [1.54, 1.807) is 0 Å². The third-order valence-corrected chi connectivity index (χ3v) is 4.83. The predicted molar refractivity (Wildman–Crippen MR) is 116 cm³/mol. The second kappa shape index (κ2) is 11.7. The van der Waals surface area contributed by atoms with E-state index in [4.69, 9.17) is 39.1 Å². The van der Waals surface area contributed by atoms with E-state index >= 15 is 0 Å². The fourth-order valence-electron chi connectivity index (χ4n) is 2.89. The Kier molecular flexibility index (Phi) is 9.34. The molecule has 12 nitrogen and oxygen atoms in total. The molecule has 2 rings (SSSR count). The number of unbranched alkanes of at least 4 members (excludes halogenated alkanes) is 2. The quantitative estimate of drug-likeness (QED) is 0.104. The van der Waals surface area contributed by atoms with Crippen LogP contribution in [0.3, 0.4) is 0 Å². The van der Waals surface area contributed by atoms with E-state index in [0.29, 0.717) is 13.0 Å². The van der Waals surface area contributed by atoms with Gasteiger partial charge in [-0.2, -0.15) is 4.98 Å². The number of nitrogens with two attached hydrogens (primary N) is 1. The molecule has 1 aromatic rings. The van der Waals surface area contributed by atoms with Gasteiger partial charge in [-0.15, -0.1) is 0 Å². The normalized spacial score (nSPS) is 13.6. The molecule has 0 aliphatic carbocycles. The third kappa shape index (κ3) is 6.97. The molecule has 6 N–H and O–H groups in total. The SMILES string of the molecule is CCCCCOC(=O)N1CN(N[C@@H](CCCNC(=N)N)C(=O)O)c2nc(Cl)nc(Cl)c21. The molecule has 0 spiro atoms. The van der Waals surface area contributed by atoms with E-state index in [0.717, 1.165) is 19.3 Å². The minimum atomic E-state index is -1.10. The van der Waals surface area contributed by atoms with Crippen LogP contribution in [-0.4, -0.2) is 59.0 Å². The minimum Gasteiger partial charge on any atom is -0.480 e. The highest BCUT2D eigenvalue weighted by molar-refractivity contribution is 6.35. The summed E-state index contributed by atoms with van der Waals surface area (Å²) < 4.78 is 5.30. The molecule has 31 heavy (non-hydrogen) atoms. The average molecular weight is 477 g/mol. The standard InChI is InChI=1S/C17H26Cl2N8O4/c1-2-3-4-8-31-17(30)26-9-27(13-11(26)12(18)23-15(19)24-13)25-10(14(28)29)6-5-7-22-16(20)21/h10,25H,2-9H2,1H3,(H,28,29)(H4,20,21,22)/t10-/m0/s1. The zero-order chi connectivity index (χ0) is 23.0. The summed E-state index contributed by atoms with van der Waals surface area (Å²) in [6, 6.07) is -1.00. The maximum atomic E-state index is 12.6. The van der Waals surface area contributed by atoms with Crippen LogP contribution in [0.2, 0.25) is 10.4 Å². The summed E-state index contributed by atoms with van der Waals surface area (Å²) in [5.74, 6) is -1.12. The maximum absolute atomic E-state index is 12.6. The zero-order valence-corrected chi connectivity index (χ0v) is 18.5. The van der Waals surface area contributed by atoms with Crippen molar-refractivity contribution in [2.75, 3.05) is 29.7 Å². The number of carboxylic acids is 1. The molecule has 0 unspecified atom stereocenters. The van der Waals surface area contributed by atoms with Crippen LogP contribution >= 0.6 is 23.2 Å². The Balaban J connectivity index is 2.14. The Morgan fingerprint density at radius 1 is 1.32 bits per heavy atom. The van der Waals surface area contributed by atoms with Gasteiger partial charge in [-0.1, -0.05) is 31.4 Å². The number of hydrogen-bond donors (Lipinski definition) is 5. The molecular formula is C17H26Cl2N8O4. The van der Waals surface area contributed by atoms with Crippen molar-refractivity contribution >= 4 is 52.7 Å². The van der Waals surface area contributed by atoms with Crippen molar-refractivity contribution in [3.8, 4) is 0 Å². The number of nitrogens with one attached hydrogen (secondary N) is 3. The van der Waals surface area contributed by atoms with E-state index in [1.807, 2.05) is 6.92 Å². The first kappa shape index (κ1) is 24.7. The van der Waals surface area contributed by atoms with Crippen LogP contribution in [0, 0.1) is 5.41 Å². The van der Waals surface area contributed by atoms with Gasteiger partial charge in [0.1, 0.15) is 18.4 Å². The summed E-state index contributed by atoms with van der Waals surface area (Å²) in [5, 5.41) is 20.5. The Labute approximate surface area is 189 Å². The Bertz CT molecular complexity index is 813. The Morgan fingerprint density at radius 3 is 2.71 bits per heavy atom. The van der Waals surface area contributed by atoms with Gasteiger partial charge in [0.25, 0.3) is 0 Å². The van der Waals surface area contributed by atoms with Crippen molar-refractivity contribution in [1.82, 2.24) is 20.7 Å². The van der Waals surface area contributed by atoms with E-state index in [1.165, 1.54) is 9.91 Å². The lowest BCUT2D eigenvalue weighted by molar-refractivity contribution is -0.139. The molecule has 1 atom stereocenters. The molecule has 0 fully saturated rings. The van der Waals surface area contributed by atoms with Gasteiger partial charge < -0.3 is 20.9 Å². The number of halogens is 2. The molecule has 172 valence electrons. The van der Waals surface area contributed by atoms with E-state index in [-0.39, 0.29) is 47.6 Å². The summed E-state index contributed by atoms with van der Waals surface area (Å²) in [5.41, 5.74) is 8.24. The van der Waals surface area contributed by atoms with Gasteiger partial charge in [-0.25, -0.2) is 15.2 Å². The molecule has 0 saturated heterocycles. The number of ether oxygens (including phenoxy) is 1. The molecule has 1 aromatic heterocycles. The summed E-state index contributed by atoms with van der Waals surface area (Å²) in [6.07, 6.45) is 2.64. The van der Waals surface area contributed by atoms with Gasteiger partial charge in [0, 0.05) is 6.54 Å². The topological polar surface area (TPSA) is 170 Å². The number of rotatable bonds is 11. The number of hydrazine groups is 1. The summed E-state index contributed by atoms with van der Waals surface area (Å²) in [4.78, 5) is 33.5. The highest BCUT2D eigenvalue weighted by atomic mass is 35.5. The van der Waals surface area contributed by atoms with Gasteiger partial charge >= 0.3 is 12.1 Å². The van der Waals surface area contributed by atoms with Gasteiger partial charge in [0.15, 0.2) is 16.9 Å². The second-order valence-electron chi connectivity index (χ2n) is 6.78. The highest BCUT2D eigenvalue weighted by Gasteiger charge is 2.37. The number of hydrogen-bond acceptors (Lipinski definition) is 8. The molecule has 0 bridgehead atoms. The molecule has 0 aromatic carbocycles. The lowest BCUT2D eigenvalue weighted by Crippen LogP contribution is -2.51. The fraction of sp³-hybridized carbons (Fsp3) is 0.588. The smallest absolute Gasteiger partial charge is 0.416 e. The van der Waals surface area contributed by atoms with Gasteiger partial charge in [0.2, 0.25) is 5.28 Å². The summed E-state index contributed by atoms with van der Waals surface area (Å²) in [6.45, 7) is 2.54. The number of aromatic nitrogens is 2. The predicted octanol–water partition coefficient (Wildman–Crippen LogP) is 1.92. The van der Waals surface area contributed by atoms with Crippen LogP contribution in [0.4, 0.5) is 16.3 Å². The lowest BCUT2D eigenvalue weighted by Gasteiger charge is -2.24. The number of carbonyl (C=O) groups excluding carboxylic acids is 1. The number of carboxylic acid groups (broad SMARTS) is 1. The van der Waals surface area contributed by atoms with Crippen LogP contribution in [0.5, 0.6) is 0 Å². The first-order chi connectivity index (χ1) is 14.7. The number of carbonyl (C=O) groups is 2. The van der Waals surface area contributed by atoms with Crippen molar-refractivity contribution in [1.29, 1.82) is 5.41 Å². The van der Waals surface area contributed by atoms with Crippen LogP contribution in [0.15, 0.2) is 0 Å². The number of fused-ring (bicyclic) bond motifs is 1. The van der Waals surface area contributed by atoms with Crippen LogP contribution in [-0.2, 0) is 9.53 Å². The third-order valence-electron chi connectivity index (χ3n) is 4.39. The number of nitrogens with zero attached hydrogens (tertiary/aromatic N) is 4. The minimum absolute atomic E-state index is 0.0534. The van der Waals surface area contributed by atoms with Gasteiger partial charge in [-0.05, 0) is 30.9 Å². The molecule has 1 aliphatic rings. The van der Waals surface area contributed by atoms with Crippen molar-refractivity contribution in [3.63, 3.8) is 0 Å². The fourth-order valence-corrected chi connectivity index (χ4v) is 3.37. The van der Waals surface area contributed by atoms with Crippen LogP contribution < -0.4 is 26.4 Å². The molecule has 1 aliphatic heterocycles. The summed E-state index contributed by atoms with van der Waals surface area (Å²) in [7, 11) is 0. The van der Waals surface area contributed by atoms with Crippen molar-refractivity contribution in [2.45, 2.75) is 45.1 Å². The molecular weight excluding hydrogens is 451 g/mol.